The Morgan fingerprint density at radius 3 is 2.71 bits per heavy atom. The highest BCUT2D eigenvalue weighted by Gasteiger charge is 2.19. The van der Waals surface area contributed by atoms with Gasteiger partial charge in [0.15, 0.2) is 5.96 Å². The average molecular weight is 296 g/mol. The molecule has 0 aliphatic heterocycles. The van der Waals surface area contributed by atoms with E-state index >= 15 is 0 Å². The molecule has 0 saturated heterocycles. The largest absolute Gasteiger partial charge is 0.356 e. The Labute approximate surface area is 129 Å². The Morgan fingerprint density at radius 2 is 2.10 bits per heavy atom. The molecule has 0 bridgehead atoms. The number of carbonyl (C=O) groups is 1. The summed E-state index contributed by atoms with van der Waals surface area (Å²) in [6.45, 7) is 5.59. The highest BCUT2D eigenvalue weighted by atomic mass is 16.2. The molecule has 1 saturated carbocycles. The molecule has 1 fully saturated rings. The number of carbonyl (C=O) groups excluding carboxylic acids is 1. The third kappa shape index (κ3) is 7.34. The molecule has 1 aliphatic carbocycles. The molecule has 0 aromatic carbocycles. The number of guanidine groups is 1. The smallest absolute Gasteiger partial charge is 0.243 e. The number of hydrogen-bond acceptors (Lipinski definition) is 2. The monoisotopic (exact) mass is 296 g/mol. The van der Waals surface area contributed by atoms with Crippen LogP contribution in [0.15, 0.2) is 4.99 Å². The first-order valence-electron chi connectivity index (χ1n) is 8.28. The average Bonchev–Trinajstić information content (AvgIpc) is 2.44. The predicted molar refractivity (Wildman–Crippen MR) is 88.5 cm³/mol. The molecule has 0 spiro atoms. The Kier molecular flexibility index (Phi) is 8.16. The van der Waals surface area contributed by atoms with Crippen molar-refractivity contribution < 1.29 is 4.79 Å². The van der Waals surface area contributed by atoms with Crippen molar-refractivity contribution >= 4 is 11.9 Å². The maximum absolute atomic E-state index is 11.7. The van der Waals surface area contributed by atoms with Crippen LogP contribution in [-0.4, -0.2) is 50.0 Å². The van der Waals surface area contributed by atoms with E-state index < -0.39 is 0 Å². The third-order valence-corrected chi connectivity index (χ3v) is 3.97. The molecular weight excluding hydrogens is 264 g/mol. The van der Waals surface area contributed by atoms with Crippen LogP contribution in [-0.2, 0) is 4.79 Å². The zero-order chi connectivity index (χ0) is 15.7. The summed E-state index contributed by atoms with van der Waals surface area (Å²) >= 11 is 0. The first-order chi connectivity index (χ1) is 10.0. The second-order valence-electron chi connectivity index (χ2n) is 6.35. The maximum atomic E-state index is 11.7. The fourth-order valence-electron chi connectivity index (χ4n) is 2.58. The van der Waals surface area contributed by atoms with Gasteiger partial charge in [-0.1, -0.05) is 33.1 Å². The molecular formula is C16H32N4O. The molecule has 122 valence electrons. The van der Waals surface area contributed by atoms with Crippen LogP contribution in [0.2, 0.25) is 0 Å². The zero-order valence-electron chi connectivity index (χ0n) is 14.1. The molecule has 0 aromatic rings. The molecule has 2 atom stereocenters. The number of hydrogen-bond donors (Lipinski definition) is 2. The van der Waals surface area contributed by atoms with Crippen molar-refractivity contribution in [3.8, 4) is 0 Å². The minimum Gasteiger partial charge on any atom is -0.356 e. The second-order valence-corrected chi connectivity index (χ2v) is 6.35. The van der Waals surface area contributed by atoms with Gasteiger partial charge in [0.2, 0.25) is 5.91 Å². The molecule has 0 radical (unpaired) electrons. The standard InChI is InChI=1S/C16H32N4O/c1-5-6-10-17-16(18-12-15(21)20(3)4)19-14-9-7-8-13(2)11-14/h13-14H,5-12H2,1-4H3,(H2,17,18,19). The lowest BCUT2D eigenvalue weighted by Crippen LogP contribution is -2.46. The van der Waals surface area contributed by atoms with E-state index in [1.807, 2.05) is 0 Å². The van der Waals surface area contributed by atoms with E-state index in [0.29, 0.717) is 6.04 Å². The lowest BCUT2D eigenvalue weighted by atomic mass is 9.87. The molecule has 2 N–H and O–H groups in total. The molecule has 1 aliphatic rings. The van der Waals surface area contributed by atoms with Crippen LogP contribution in [0.25, 0.3) is 0 Å². The van der Waals surface area contributed by atoms with Crippen molar-refractivity contribution in [2.75, 3.05) is 27.2 Å². The van der Waals surface area contributed by atoms with Gasteiger partial charge in [-0.05, 0) is 25.2 Å². The van der Waals surface area contributed by atoms with Gasteiger partial charge in [0, 0.05) is 26.7 Å². The number of likely N-dealkylation sites (N-methyl/N-ethyl adjacent to an activating group) is 1. The Balaban J connectivity index is 2.53. The van der Waals surface area contributed by atoms with Crippen molar-refractivity contribution in [2.24, 2.45) is 10.9 Å². The summed E-state index contributed by atoms with van der Waals surface area (Å²) in [5.74, 6) is 1.60. The minimum atomic E-state index is 0.0311. The van der Waals surface area contributed by atoms with Crippen molar-refractivity contribution in [2.45, 2.75) is 58.4 Å². The Hall–Kier alpha value is -1.26. The second kappa shape index (κ2) is 9.64. The molecule has 0 aromatic heterocycles. The van der Waals surface area contributed by atoms with E-state index in [2.05, 4.69) is 29.5 Å². The van der Waals surface area contributed by atoms with Gasteiger partial charge in [-0.3, -0.25) is 4.79 Å². The number of nitrogens with zero attached hydrogens (tertiary/aromatic N) is 2. The van der Waals surface area contributed by atoms with E-state index in [1.54, 1.807) is 19.0 Å². The van der Waals surface area contributed by atoms with Gasteiger partial charge in [0.05, 0.1) is 0 Å². The van der Waals surface area contributed by atoms with Crippen LogP contribution < -0.4 is 10.6 Å². The van der Waals surface area contributed by atoms with E-state index in [9.17, 15) is 4.79 Å². The SMILES string of the molecule is CCCCNC(=NCC(=O)N(C)C)NC1CCCC(C)C1. The van der Waals surface area contributed by atoms with Crippen LogP contribution in [0, 0.1) is 5.92 Å². The third-order valence-electron chi connectivity index (χ3n) is 3.97. The lowest BCUT2D eigenvalue weighted by Gasteiger charge is -2.29. The molecule has 0 heterocycles. The summed E-state index contributed by atoms with van der Waals surface area (Å²) in [4.78, 5) is 17.7. The Bertz CT molecular complexity index is 341. The fraction of sp³-hybridized carbons (Fsp3) is 0.875. The quantitative estimate of drug-likeness (QED) is 0.448. The summed E-state index contributed by atoms with van der Waals surface area (Å²) in [6, 6.07) is 0.482. The van der Waals surface area contributed by atoms with Crippen molar-refractivity contribution in [1.82, 2.24) is 15.5 Å². The summed E-state index contributed by atoms with van der Waals surface area (Å²) < 4.78 is 0. The molecule has 5 heteroatoms. The molecule has 21 heavy (non-hydrogen) atoms. The van der Waals surface area contributed by atoms with Gasteiger partial charge in [-0.15, -0.1) is 0 Å². The van der Waals surface area contributed by atoms with E-state index in [1.165, 1.54) is 25.7 Å². The highest BCUT2D eigenvalue weighted by molar-refractivity contribution is 5.84. The minimum absolute atomic E-state index is 0.0311. The van der Waals surface area contributed by atoms with E-state index in [-0.39, 0.29) is 12.5 Å². The van der Waals surface area contributed by atoms with Crippen LogP contribution in [0.1, 0.15) is 52.4 Å². The van der Waals surface area contributed by atoms with Crippen LogP contribution >= 0.6 is 0 Å². The molecule has 5 nitrogen and oxygen atoms in total. The van der Waals surface area contributed by atoms with Crippen LogP contribution in [0.3, 0.4) is 0 Å². The number of amides is 1. The first kappa shape index (κ1) is 17.8. The van der Waals surface area contributed by atoms with Gasteiger partial charge >= 0.3 is 0 Å². The molecule has 1 amide bonds. The predicted octanol–water partition coefficient (Wildman–Crippen LogP) is 1.99. The first-order valence-corrected chi connectivity index (χ1v) is 8.28. The lowest BCUT2D eigenvalue weighted by molar-refractivity contribution is -0.127. The summed E-state index contributed by atoms with van der Waals surface area (Å²) in [5.41, 5.74) is 0. The maximum Gasteiger partial charge on any atom is 0.243 e. The Morgan fingerprint density at radius 1 is 1.33 bits per heavy atom. The summed E-state index contributed by atoms with van der Waals surface area (Å²) in [7, 11) is 3.52. The van der Waals surface area contributed by atoms with Gasteiger partial charge in [-0.25, -0.2) is 4.99 Å². The van der Waals surface area contributed by atoms with Gasteiger partial charge < -0.3 is 15.5 Å². The number of unbranched alkanes of at least 4 members (excludes halogenated alkanes) is 1. The molecule has 1 rings (SSSR count). The van der Waals surface area contributed by atoms with E-state index in [4.69, 9.17) is 0 Å². The zero-order valence-corrected chi connectivity index (χ0v) is 14.1. The van der Waals surface area contributed by atoms with Crippen molar-refractivity contribution in [3.63, 3.8) is 0 Å². The van der Waals surface area contributed by atoms with Gasteiger partial charge in [0.25, 0.3) is 0 Å². The topological polar surface area (TPSA) is 56.7 Å². The number of nitrogens with one attached hydrogen (secondary N) is 2. The van der Waals surface area contributed by atoms with Crippen LogP contribution in [0.4, 0.5) is 0 Å². The summed E-state index contributed by atoms with van der Waals surface area (Å²) in [6.07, 6.45) is 7.25. The van der Waals surface area contributed by atoms with Crippen molar-refractivity contribution in [1.29, 1.82) is 0 Å². The van der Waals surface area contributed by atoms with Crippen LogP contribution in [0.5, 0.6) is 0 Å². The fourth-order valence-corrected chi connectivity index (χ4v) is 2.58. The van der Waals surface area contributed by atoms with Gasteiger partial charge in [0.1, 0.15) is 6.54 Å². The van der Waals surface area contributed by atoms with Gasteiger partial charge in [-0.2, -0.15) is 0 Å². The normalized spacial score (nSPS) is 22.8. The highest BCUT2D eigenvalue weighted by Crippen LogP contribution is 2.23. The molecule has 2 unspecified atom stereocenters. The summed E-state index contributed by atoms with van der Waals surface area (Å²) in [5, 5.41) is 6.85. The number of rotatable bonds is 6. The van der Waals surface area contributed by atoms with E-state index in [0.717, 1.165) is 31.3 Å². The number of aliphatic imine (C=N–C) groups is 1. The van der Waals surface area contributed by atoms with Crippen molar-refractivity contribution in [3.05, 3.63) is 0 Å².